The van der Waals surface area contributed by atoms with Crippen molar-refractivity contribution in [3.05, 3.63) is 63.9 Å². The van der Waals surface area contributed by atoms with E-state index in [1.54, 1.807) is 7.11 Å². The van der Waals surface area contributed by atoms with Crippen molar-refractivity contribution in [2.45, 2.75) is 12.8 Å². The summed E-state index contributed by atoms with van der Waals surface area (Å²) in [5, 5.41) is 0.897. The maximum Gasteiger partial charge on any atom is 0.124 e. The first-order valence-corrected chi connectivity index (χ1v) is 8.66. The minimum Gasteiger partial charge on any atom is -0.497 e. The molecule has 112 valence electrons. The van der Waals surface area contributed by atoms with Crippen LogP contribution in [0.5, 0.6) is 5.75 Å². The Morgan fingerprint density at radius 3 is 2.62 bits per heavy atom. The van der Waals surface area contributed by atoms with Crippen LogP contribution in [0.3, 0.4) is 0 Å². The Hall–Kier alpha value is -0.870. The average molecular weight is 416 g/mol. The normalized spacial score (nSPS) is 12.2. The zero-order valence-electron chi connectivity index (χ0n) is 11.8. The molecule has 0 saturated heterocycles. The summed E-state index contributed by atoms with van der Waals surface area (Å²) in [5.74, 6) is 1.11. The Morgan fingerprint density at radius 1 is 1.14 bits per heavy atom. The molecule has 0 bridgehead atoms. The molecule has 0 amide bonds. The molecule has 0 saturated carbocycles. The molecule has 0 aliphatic carbocycles. The van der Waals surface area contributed by atoms with Crippen molar-refractivity contribution < 1.29 is 9.13 Å². The Kier molecular flexibility index (Phi) is 6.24. The van der Waals surface area contributed by atoms with Crippen LogP contribution in [0.15, 0.2) is 46.9 Å². The van der Waals surface area contributed by atoms with Gasteiger partial charge in [0.05, 0.1) is 7.11 Å². The second-order valence-electron chi connectivity index (χ2n) is 5.02. The van der Waals surface area contributed by atoms with E-state index >= 15 is 0 Å². The van der Waals surface area contributed by atoms with E-state index < -0.39 is 0 Å². The smallest absolute Gasteiger partial charge is 0.124 e. The van der Waals surface area contributed by atoms with Crippen LogP contribution in [-0.4, -0.2) is 12.4 Å². The summed E-state index contributed by atoms with van der Waals surface area (Å²) < 4.78 is 19.2. The SMILES string of the molecule is COc1cccc(CC(CBr)Cc2ccc(F)cc2Br)c1. The van der Waals surface area contributed by atoms with Gasteiger partial charge >= 0.3 is 0 Å². The maximum absolute atomic E-state index is 13.1. The van der Waals surface area contributed by atoms with E-state index in [2.05, 4.69) is 44.0 Å². The summed E-state index contributed by atoms with van der Waals surface area (Å²) in [6.07, 6.45) is 1.84. The van der Waals surface area contributed by atoms with Gasteiger partial charge in [0.25, 0.3) is 0 Å². The van der Waals surface area contributed by atoms with E-state index in [0.717, 1.165) is 34.0 Å². The van der Waals surface area contributed by atoms with Crippen LogP contribution >= 0.6 is 31.9 Å². The molecule has 21 heavy (non-hydrogen) atoms. The number of rotatable bonds is 6. The third kappa shape index (κ3) is 4.82. The van der Waals surface area contributed by atoms with Crippen LogP contribution < -0.4 is 4.74 Å². The molecule has 0 aliphatic rings. The molecule has 1 unspecified atom stereocenters. The van der Waals surface area contributed by atoms with Gasteiger partial charge in [-0.05, 0) is 54.2 Å². The van der Waals surface area contributed by atoms with Crippen molar-refractivity contribution in [3.63, 3.8) is 0 Å². The zero-order chi connectivity index (χ0) is 15.2. The molecule has 0 aromatic heterocycles. The first-order chi connectivity index (χ1) is 10.1. The van der Waals surface area contributed by atoms with Gasteiger partial charge in [0.15, 0.2) is 0 Å². The van der Waals surface area contributed by atoms with E-state index in [4.69, 9.17) is 4.74 Å². The van der Waals surface area contributed by atoms with Crippen LogP contribution in [-0.2, 0) is 12.8 Å². The lowest BCUT2D eigenvalue weighted by molar-refractivity contribution is 0.414. The number of halogens is 3. The maximum atomic E-state index is 13.1. The fraction of sp³-hybridized carbons (Fsp3) is 0.294. The number of hydrogen-bond donors (Lipinski definition) is 0. The summed E-state index contributed by atoms with van der Waals surface area (Å²) in [6.45, 7) is 0. The van der Waals surface area contributed by atoms with Crippen molar-refractivity contribution in [1.82, 2.24) is 0 Å². The van der Waals surface area contributed by atoms with Gasteiger partial charge < -0.3 is 4.74 Å². The molecule has 2 aromatic carbocycles. The third-order valence-corrected chi connectivity index (χ3v) is 5.05. The molecule has 4 heteroatoms. The molecular weight excluding hydrogens is 399 g/mol. The molecule has 2 rings (SSSR count). The van der Waals surface area contributed by atoms with E-state index in [-0.39, 0.29) is 5.82 Å². The number of hydrogen-bond acceptors (Lipinski definition) is 1. The fourth-order valence-electron chi connectivity index (χ4n) is 2.31. The van der Waals surface area contributed by atoms with E-state index in [1.807, 2.05) is 18.2 Å². The van der Waals surface area contributed by atoms with E-state index in [0.29, 0.717) is 5.92 Å². The Bertz CT molecular complexity index is 601. The molecule has 1 atom stereocenters. The lowest BCUT2D eigenvalue weighted by Gasteiger charge is -2.16. The van der Waals surface area contributed by atoms with Gasteiger partial charge in [-0.15, -0.1) is 0 Å². The summed E-state index contributed by atoms with van der Waals surface area (Å²) >= 11 is 7.02. The Balaban J connectivity index is 2.09. The summed E-state index contributed by atoms with van der Waals surface area (Å²) in [6, 6.07) is 13.0. The van der Waals surface area contributed by atoms with E-state index in [9.17, 15) is 4.39 Å². The minimum atomic E-state index is -0.214. The van der Waals surface area contributed by atoms with Gasteiger partial charge in [0, 0.05) is 9.80 Å². The van der Waals surface area contributed by atoms with Crippen molar-refractivity contribution in [1.29, 1.82) is 0 Å². The molecular formula is C17H17Br2FO. The largest absolute Gasteiger partial charge is 0.497 e. The summed E-state index contributed by atoms with van der Waals surface area (Å²) in [7, 11) is 1.68. The first-order valence-electron chi connectivity index (χ1n) is 6.75. The highest BCUT2D eigenvalue weighted by Crippen LogP contribution is 2.25. The van der Waals surface area contributed by atoms with Crippen molar-refractivity contribution in [2.75, 3.05) is 12.4 Å². The molecule has 0 N–H and O–H groups in total. The van der Waals surface area contributed by atoms with Crippen LogP contribution in [0.2, 0.25) is 0 Å². The first kappa shape index (κ1) is 16.5. The van der Waals surface area contributed by atoms with Gasteiger partial charge in [-0.3, -0.25) is 0 Å². The zero-order valence-corrected chi connectivity index (χ0v) is 15.0. The highest BCUT2D eigenvalue weighted by atomic mass is 79.9. The molecule has 0 spiro atoms. The predicted molar refractivity (Wildman–Crippen MR) is 91.8 cm³/mol. The van der Waals surface area contributed by atoms with Crippen molar-refractivity contribution in [2.24, 2.45) is 5.92 Å². The number of benzene rings is 2. The van der Waals surface area contributed by atoms with Gasteiger partial charge in [-0.1, -0.05) is 50.1 Å². The Labute approximate surface area is 141 Å². The fourth-order valence-corrected chi connectivity index (χ4v) is 3.28. The summed E-state index contributed by atoms with van der Waals surface area (Å²) in [4.78, 5) is 0. The second kappa shape index (κ2) is 7.95. The molecule has 1 nitrogen and oxygen atoms in total. The standard InChI is InChI=1S/C17H17Br2FO/c1-21-16-4-2-3-12(9-16)7-13(11-18)8-14-5-6-15(20)10-17(14)19/h2-6,9-10,13H,7-8,11H2,1H3. The molecule has 2 aromatic rings. The van der Waals surface area contributed by atoms with Crippen molar-refractivity contribution >= 4 is 31.9 Å². The van der Waals surface area contributed by atoms with E-state index in [1.165, 1.54) is 17.7 Å². The quantitative estimate of drug-likeness (QED) is 0.574. The Morgan fingerprint density at radius 2 is 1.95 bits per heavy atom. The molecule has 0 aliphatic heterocycles. The molecule has 0 fully saturated rings. The van der Waals surface area contributed by atoms with Crippen LogP contribution in [0.4, 0.5) is 4.39 Å². The number of alkyl halides is 1. The average Bonchev–Trinajstić information content (AvgIpc) is 2.49. The lowest BCUT2D eigenvalue weighted by atomic mass is 9.94. The highest BCUT2D eigenvalue weighted by Gasteiger charge is 2.12. The van der Waals surface area contributed by atoms with Crippen LogP contribution in [0.25, 0.3) is 0 Å². The molecule has 0 radical (unpaired) electrons. The van der Waals surface area contributed by atoms with Crippen LogP contribution in [0, 0.1) is 11.7 Å². The highest BCUT2D eigenvalue weighted by molar-refractivity contribution is 9.10. The monoisotopic (exact) mass is 414 g/mol. The van der Waals surface area contributed by atoms with Crippen molar-refractivity contribution in [3.8, 4) is 5.75 Å². The second-order valence-corrected chi connectivity index (χ2v) is 6.52. The van der Waals surface area contributed by atoms with Gasteiger partial charge in [0.1, 0.15) is 11.6 Å². The van der Waals surface area contributed by atoms with Crippen LogP contribution in [0.1, 0.15) is 11.1 Å². The minimum absolute atomic E-state index is 0.214. The lowest BCUT2D eigenvalue weighted by Crippen LogP contribution is -2.10. The van der Waals surface area contributed by atoms with Gasteiger partial charge in [-0.2, -0.15) is 0 Å². The number of ether oxygens (including phenoxy) is 1. The summed E-state index contributed by atoms with van der Waals surface area (Å²) in [5.41, 5.74) is 2.38. The van der Waals surface area contributed by atoms with Gasteiger partial charge in [0.2, 0.25) is 0 Å². The molecule has 0 heterocycles. The topological polar surface area (TPSA) is 9.23 Å². The third-order valence-electron chi connectivity index (χ3n) is 3.40. The van der Waals surface area contributed by atoms with Gasteiger partial charge in [-0.25, -0.2) is 4.39 Å². The predicted octanol–water partition coefficient (Wildman–Crippen LogP) is 5.39. The number of methoxy groups -OCH3 is 1.